The van der Waals surface area contributed by atoms with E-state index in [0.717, 1.165) is 16.3 Å². The van der Waals surface area contributed by atoms with Crippen LogP contribution < -0.4 is 0 Å². The molecule has 2 aromatic rings. The van der Waals surface area contributed by atoms with E-state index in [-0.39, 0.29) is 0 Å². The molecule has 1 atom stereocenters. The van der Waals surface area contributed by atoms with Crippen LogP contribution in [0.2, 0.25) is 0 Å². The number of aromatic nitrogens is 1. The van der Waals surface area contributed by atoms with Crippen molar-refractivity contribution in [1.82, 2.24) is 9.88 Å². The van der Waals surface area contributed by atoms with E-state index in [9.17, 15) is 0 Å². The quantitative estimate of drug-likeness (QED) is 0.829. The summed E-state index contributed by atoms with van der Waals surface area (Å²) in [5.41, 5.74) is 1.86. The van der Waals surface area contributed by atoms with Gasteiger partial charge in [0.05, 0.1) is 0 Å². The second-order valence-electron chi connectivity index (χ2n) is 4.92. The van der Waals surface area contributed by atoms with Gasteiger partial charge in [-0.25, -0.2) is 4.98 Å². The van der Waals surface area contributed by atoms with Gasteiger partial charge in [0.15, 0.2) is 5.58 Å². The largest absolute Gasteiger partial charge is 0.431 e. The average Bonchev–Trinajstić information content (AvgIpc) is 2.66. The van der Waals surface area contributed by atoms with Crippen LogP contribution in [0.5, 0.6) is 0 Å². The third-order valence-electron chi connectivity index (χ3n) is 3.44. The molecule has 0 N–H and O–H groups in total. The molecule has 2 heterocycles. The van der Waals surface area contributed by atoms with Crippen LogP contribution in [-0.2, 0) is 0 Å². The first-order chi connectivity index (χ1) is 8.81. The van der Waals surface area contributed by atoms with E-state index in [1.165, 1.54) is 32.4 Å². The van der Waals surface area contributed by atoms with E-state index < -0.39 is 0 Å². The number of thioether (sulfide) groups is 1. The Bertz CT molecular complexity index is 492. The van der Waals surface area contributed by atoms with Gasteiger partial charge in [-0.2, -0.15) is 0 Å². The summed E-state index contributed by atoms with van der Waals surface area (Å²) in [5.74, 6) is 0. The van der Waals surface area contributed by atoms with Gasteiger partial charge >= 0.3 is 0 Å². The van der Waals surface area contributed by atoms with E-state index in [2.05, 4.69) is 16.9 Å². The standard InChI is InChI=1S/C14H18N2OS/c1-16-9-4-5-11(8-10-16)18-14-15-12-6-2-3-7-13(12)17-14/h2-3,6-7,11H,4-5,8-10H2,1H3. The minimum atomic E-state index is 0.642. The lowest BCUT2D eigenvalue weighted by molar-refractivity contribution is 0.349. The molecule has 1 aliphatic heterocycles. The fourth-order valence-electron chi connectivity index (χ4n) is 2.37. The fraction of sp³-hybridized carbons (Fsp3) is 0.500. The highest BCUT2D eigenvalue weighted by atomic mass is 32.2. The highest BCUT2D eigenvalue weighted by Crippen LogP contribution is 2.31. The van der Waals surface area contributed by atoms with Gasteiger partial charge in [-0.05, 0) is 51.5 Å². The van der Waals surface area contributed by atoms with Crippen molar-refractivity contribution >= 4 is 22.9 Å². The fourth-order valence-corrected chi connectivity index (χ4v) is 3.45. The minimum absolute atomic E-state index is 0.642. The molecule has 0 saturated carbocycles. The van der Waals surface area contributed by atoms with Crippen LogP contribution in [0, 0.1) is 0 Å². The summed E-state index contributed by atoms with van der Waals surface area (Å²) >= 11 is 1.80. The van der Waals surface area contributed by atoms with Crippen molar-refractivity contribution < 1.29 is 4.42 Å². The van der Waals surface area contributed by atoms with Crippen LogP contribution in [0.1, 0.15) is 19.3 Å². The maximum Gasteiger partial charge on any atom is 0.257 e. The molecule has 1 unspecified atom stereocenters. The third kappa shape index (κ3) is 2.70. The summed E-state index contributed by atoms with van der Waals surface area (Å²) in [6, 6.07) is 7.97. The Morgan fingerprint density at radius 1 is 1.28 bits per heavy atom. The second-order valence-corrected chi connectivity index (χ2v) is 6.17. The van der Waals surface area contributed by atoms with Gasteiger partial charge in [0.25, 0.3) is 5.22 Å². The van der Waals surface area contributed by atoms with Crippen molar-refractivity contribution in [3.05, 3.63) is 24.3 Å². The van der Waals surface area contributed by atoms with E-state index in [1.807, 2.05) is 24.3 Å². The van der Waals surface area contributed by atoms with Gasteiger partial charge in [0.2, 0.25) is 0 Å². The zero-order valence-corrected chi connectivity index (χ0v) is 11.4. The average molecular weight is 262 g/mol. The van der Waals surface area contributed by atoms with E-state index in [4.69, 9.17) is 4.42 Å². The molecule has 4 heteroatoms. The summed E-state index contributed by atoms with van der Waals surface area (Å²) in [6.07, 6.45) is 3.75. The van der Waals surface area contributed by atoms with Crippen molar-refractivity contribution in [3.63, 3.8) is 0 Å². The molecule has 18 heavy (non-hydrogen) atoms. The molecular formula is C14H18N2OS. The molecule has 3 nitrogen and oxygen atoms in total. The molecule has 0 radical (unpaired) electrons. The molecule has 3 rings (SSSR count). The summed E-state index contributed by atoms with van der Waals surface area (Å²) in [5, 5.41) is 1.47. The number of hydrogen-bond acceptors (Lipinski definition) is 4. The van der Waals surface area contributed by atoms with Crippen LogP contribution in [-0.4, -0.2) is 35.3 Å². The smallest absolute Gasteiger partial charge is 0.257 e. The van der Waals surface area contributed by atoms with Crippen LogP contribution in [0.4, 0.5) is 0 Å². The topological polar surface area (TPSA) is 29.3 Å². The number of para-hydroxylation sites is 2. The first kappa shape index (κ1) is 12.1. The molecule has 0 amide bonds. The summed E-state index contributed by atoms with van der Waals surface area (Å²) in [7, 11) is 2.20. The van der Waals surface area contributed by atoms with Crippen molar-refractivity contribution in [3.8, 4) is 0 Å². The number of nitrogens with zero attached hydrogens (tertiary/aromatic N) is 2. The molecule has 96 valence electrons. The van der Waals surface area contributed by atoms with Crippen molar-refractivity contribution in [2.24, 2.45) is 0 Å². The Hall–Kier alpha value is -1.00. The van der Waals surface area contributed by atoms with Gasteiger partial charge in [0, 0.05) is 5.25 Å². The lowest BCUT2D eigenvalue weighted by Crippen LogP contribution is -2.19. The van der Waals surface area contributed by atoms with E-state index in [1.54, 1.807) is 11.8 Å². The van der Waals surface area contributed by atoms with E-state index in [0.29, 0.717) is 5.25 Å². The number of fused-ring (bicyclic) bond motifs is 1. The van der Waals surface area contributed by atoms with Crippen LogP contribution in [0.3, 0.4) is 0 Å². The van der Waals surface area contributed by atoms with Crippen molar-refractivity contribution in [1.29, 1.82) is 0 Å². The first-order valence-corrected chi connectivity index (χ1v) is 7.40. The Kier molecular flexibility index (Phi) is 3.57. The maximum atomic E-state index is 5.78. The maximum absolute atomic E-state index is 5.78. The second kappa shape index (κ2) is 5.33. The lowest BCUT2D eigenvalue weighted by atomic mass is 10.2. The third-order valence-corrected chi connectivity index (χ3v) is 4.62. The number of likely N-dealkylation sites (tertiary alicyclic amines) is 1. The molecule has 1 saturated heterocycles. The molecule has 0 spiro atoms. The van der Waals surface area contributed by atoms with Gasteiger partial charge in [-0.1, -0.05) is 23.9 Å². The molecular weight excluding hydrogens is 244 g/mol. The molecule has 0 aliphatic carbocycles. The Morgan fingerprint density at radius 2 is 2.17 bits per heavy atom. The molecule has 1 aliphatic rings. The van der Waals surface area contributed by atoms with Gasteiger partial charge in [0.1, 0.15) is 5.52 Å². The number of oxazole rings is 1. The zero-order chi connectivity index (χ0) is 12.4. The predicted molar refractivity (Wildman–Crippen MR) is 75.0 cm³/mol. The number of hydrogen-bond donors (Lipinski definition) is 0. The van der Waals surface area contributed by atoms with Crippen molar-refractivity contribution in [2.75, 3.05) is 20.1 Å². The van der Waals surface area contributed by atoms with Crippen LogP contribution >= 0.6 is 11.8 Å². The van der Waals surface area contributed by atoms with Crippen LogP contribution in [0.15, 0.2) is 33.9 Å². The van der Waals surface area contributed by atoms with Crippen LogP contribution in [0.25, 0.3) is 11.1 Å². The SMILES string of the molecule is CN1CCCC(Sc2nc3ccccc3o2)CC1. The van der Waals surface area contributed by atoms with Crippen molar-refractivity contribution in [2.45, 2.75) is 29.7 Å². The molecule has 1 aromatic carbocycles. The predicted octanol–water partition coefficient (Wildman–Crippen LogP) is 3.40. The highest BCUT2D eigenvalue weighted by Gasteiger charge is 2.18. The van der Waals surface area contributed by atoms with Gasteiger partial charge < -0.3 is 9.32 Å². The zero-order valence-electron chi connectivity index (χ0n) is 10.6. The Balaban J connectivity index is 1.71. The molecule has 1 aromatic heterocycles. The highest BCUT2D eigenvalue weighted by molar-refractivity contribution is 7.99. The summed E-state index contributed by atoms with van der Waals surface area (Å²) < 4.78 is 5.78. The minimum Gasteiger partial charge on any atom is -0.431 e. The Labute approximate surface area is 112 Å². The Morgan fingerprint density at radius 3 is 3.06 bits per heavy atom. The molecule has 1 fully saturated rings. The molecule has 0 bridgehead atoms. The van der Waals surface area contributed by atoms with E-state index >= 15 is 0 Å². The summed E-state index contributed by atoms with van der Waals surface area (Å²) in [4.78, 5) is 6.95. The summed E-state index contributed by atoms with van der Waals surface area (Å²) in [6.45, 7) is 2.39. The number of rotatable bonds is 2. The van der Waals surface area contributed by atoms with Gasteiger partial charge in [-0.15, -0.1) is 0 Å². The monoisotopic (exact) mass is 262 g/mol. The first-order valence-electron chi connectivity index (χ1n) is 6.52. The normalized spacial score (nSPS) is 22.2. The number of benzene rings is 1. The lowest BCUT2D eigenvalue weighted by Gasteiger charge is -2.12. The van der Waals surface area contributed by atoms with Gasteiger partial charge in [-0.3, -0.25) is 0 Å².